The van der Waals surface area contributed by atoms with E-state index in [0.717, 1.165) is 0 Å². The van der Waals surface area contributed by atoms with Gasteiger partial charge < -0.3 is 20.1 Å². The molecule has 2 aliphatic carbocycles. The number of carbonyl (C=O) groups excluding carboxylic acids is 6. The Bertz CT molecular complexity index is 996. The lowest BCUT2D eigenvalue weighted by atomic mass is 9.75. The van der Waals surface area contributed by atoms with Gasteiger partial charge in [0.05, 0.1) is 23.7 Å². The van der Waals surface area contributed by atoms with Crippen LogP contribution in [-0.4, -0.2) is 35.7 Å². The maximum Gasteiger partial charge on any atom is 0.317 e. The van der Waals surface area contributed by atoms with Crippen LogP contribution in [-0.2, 0) is 38.2 Å². The van der Waals surface area contributed by atoms with Crippen molar-refractivity contribution < 1.29 is 38.2 Å². The van der Waals surface area contributed by atoms with Crippen molar-refractivity contribution in [2.24, 2.45) is 35.5 Å². The Morgan fingerprint density at radius 3 is 1.32 bits per heavy atom. The number of amides is 2. The van der Waals surface area contributed by atoms with Crippen LogP contribution in [0, 0.1) is 35.5 Å². The van der Waals surface area contributed by atoms with Crippen molar-refractivity contribution in [3.63, 3.8) is 0 Å². The second kappa shape index (κ2) is 8.66. The van der Waals surface area contributed by atoms with E-state index in [-0.39, 0.29) is 36.5 Å². The van der Waals surface area contributed by atoms with Gasteiger partial charge >= 0.3 is 23.9 Å². The normalized spacial score (nSPS) is 32.4. The zero-order chi connectivity index (χ0) is 24.0. The first-order valence-electron chi connectivity index (χ1n) is 11.5. The van der Waals surface area contributed by atoms with E-state index in [1.54, 1.807) is 24.3 Å². The highest BCUT2D eigenvalue weighted by Crippen LogP contribution is 2.41. The van der Waals surface area contributed by atoms with Gasteiger partial charge in [0.1, 0.15) is 0 Å². The van der Waals surface area contributed by atoms with Crippen molar-refractivity contribution in [3.05, 3.63) is 24.3 Å². The third-order valence-corrected chi connectivity index (χ3v) is 7.48. The summed E-state index contributed by atoms with van der Waals surface area (Å²) in [6.45, 7) is 0. The highest BCUT2D eigenvalue weighted by atomic mass is 16.6. The minimum absolute atomic E-state index is 0.225. The van der Waals surface area contributed by atoms with Crippen molar-refractivity contribution in [3.8, 4) is 0 Å². The Morgan fingerprint density at radius 2 is 0.941 bits per heavy atom. The summed E-state index contributed by atoms with van der Waals surface area (Å²) in [6.07, 6.45) is 2.49. The lowest BCUT2D eigenvalue weighted by molar-refractivity contribution is -0.155. The number of cyclic esters (lactones) is 4. The maximum absolute atomic E-state index is 12.7. The third kappa shape index (κ3) is 4.08. The molecule has 178 valence electrons. The molecule has 2 saturated heterocycles. The van der Waals surface area contributed by atoms with Gasteiger partial charge in [0.25, 0.3) is 0 Å². The fraction of sp³-hybridized carbons (Fsp3) is 0.500. The van der Waals surface area contributed by atoms with Crippen LogP contribution < -0.4 is 10.6 Å². The van der Waals surface area contributed by atoms with Crippen molar-refractivity contribution in [1.82, 2.24) is 0 Å². The number of fused-ring (bicyclic) bond motifs is 2. The van der Waals surface area contributed by atoms with Crippen LogP contribution in [0.5, 0.6) is 0 Å². The Morgan fingerprint density at radius 1 is 0.588 bits per heavy atom. The highest BCUT2D eigenvalue weighted by molar-refractivity contribution is 5.99. The molecule has 34 heavy (non-hydrogen) atoms. The molecule has 10 nitrogen and oxygen atoms in total. The van der Waals surface area contributed by atoms with Crippen molar-refractivity contribution in [2.45, 2.75) is 38.5 Å². The predicted molar refractivity (Wildman–Crippen MR) is 115 cm³/mol. The minimum atomic E-state index is -0.547. The van der Waals surface area contributed by atoms with Gasteiger partial charge in [-0.05, 0) is 62.8 Å². The molecule has 0 aromatic heterocycles. The number of rotatable bonds is 4. The average molecular weight is 468 g/mol. The Kier molecular flexibility index (Phi) is 5.66. The fourth-order valence-electron chi connectivity index (χ4n) is 5.53. The molecule has 0 radical (unpaired) electrons. The average Bonchev–Trinajstić information content (AvgIpc) is 3.28. The number of esters is 4. The molecule has 5 rings (SSSR count). The molecular weight excluding hydrogens is 444 g/mol. The molecule has 1 aromatic rings. The van der Waals surface area contributed by atoms with E-state index in [4.69, 9.17) is 9.47 Å². The highest BCUT2D eigenvalue weighted by Gasteiger charge is 2.49. The molecule has 4 fully saturated rings. The number of ether oxygens (including phenoxy) is 2. The molecule has 1 aromatic carbocycles. The van der Waals surface area contributed by atoms with Gasteiger partial charge in [0.15, 0.2) is 0 Å². The lowest BCUT2D eigenvalue weighted by Gasteiger charge is -2.27. The van der Waals surface area contributed by atoms with Crippen LogP contribution in [0.15, 0.2) is 24.3 Å². The standard InChI is InChI=1S/C24H24N2O8/c27-19(11-1-7-15-17(9-11)23(31)33-21(15)29)25-13-3-5-14(6-4-13)26-20(28)12-2-8-16-18(10-12)24(32)34-22(16)30/h3-6,11-12,15-18H,1-2,7-10H2,(H,25,27)(H,26,28). The van der Waals surface area contributed by atoms with Crippen LogP contribution in [0.4, 0.5) is 11.4 Å². The SMILES string of the molecule is O=C(Nc1ccc(NC(=O)C2CCC3C(=O)OC(=O)C3C2)cc1)C1CCC2C(=O)OC(=O)C2C1. The van der Waals surface area contributed by atoms with Gasteiger partial charge in [0, 0.05) is 23.2 Å². The summed E-state index contributed by atoms with van der Waals surface area (Å²) < 4.78 is 9.38. The van der Waals surface area contributed by atoms with E-state index >= 15 is 0 Å². The summed E-state index contributed by atoms with van der Waals surface area (Å²) in [7, 11) is 0. The largest absolute Gasteiger partial charge is 0.393 e. The van der Waals surface area contributed by atoms with Gasteiger partial charge in [-0.1, -0.05) is 0 Å². The van der Waals surface area contributed by atoms with Gasteiger partial charge in [-0.15, -0.1) is 0 Å². The van der Waals surface area contributed by atoms with Crippen molar-refractivity contribution >= 4 is 47.1 Å². The van der Waals surface area contributed by atoms with E-state index in [2.05, 4.69) is 10.6 Å². The first-order valence-corrected chi connectivity index (χ1v) is 11.5. The molecule has 6 unspecified atom stereocenters. The summed E-state index contributed by atoms with van der Waals surface area (Å²) in [5, 5.41) is 5.65. The number of hydrogen-bond acceptors (Lipinski definition) is 8. The molecule has 0 spiro atoms. The summed E-state index contributed by atoms with van der Waals surface area (Å²) in [4.78, 5) is 72.3. The molecule has 2 saturated carbocycles. The first-order chi connectivity index (χ1) is 16.3. The molecule has 2 heterocycles. The van der Waals surface area contributed by atoms with Crippen LogP contribution in [0.1, 0.15) is 38.5 Å². The summed E-state index contributed by atoms with van der Waals surface area (Å²) in [6, 6.07) is 6.65. The zero-order valence-corrected chi connectivity index (χ0v) is 18.3. The number of benzene rings is 1. The fourth-order valence-corrected chi connectivity index (χ4v) is 5.53. The van der Waals surface area contributed by atoms with E-state index in [1.165, 1.54) is 0 Å². The van der Waals surface area contributed by atoms with E-state index in [1.807, 2.05) is 0 Å². The van der Waals surface area contributed by atoms with E-state index in [9.17, 15) is 28.8 Å². The second-order valence-electron chi connectivity index (χ2n) is 9.48. The predicted octanol–water partition coefficient (Wildman–Crippen LogP) is 1.80. The maximum atomic E-state index is 12.7. The van der Waals surface area contributed by atoms with E-state index < -0.39 is 47.5 Å². The van der Waals surface area contributed by atoms with Crippen LogP contribution in [0.3, 0.4) is 0 Å². The van der Waals surface area contributed by atoms with Gasteiger partial charge in [-0.3, -0.25) is 28.8 Å². The summed E-state index contributed by atoms with van der Waals surface area (Å²) >= 11 is 0. The number of hydrogen-bond donors (Lipinski definition) is 2. The van der Waals surface area contributed by atoms with Crippen LogP contribution in [0.25, 0.3) is 0 Å². The molecule has 4 aliphatic rings. The number of anilines is 2. The first kappa shape index (κ1) is 22.2. The van der Waals surface area contributed by atoms with Gasteiger partial charge in [-0.2, -0.15) is 0 Å². The van der Waals surface area contributed by atoms with Crippen molar-refractivity contribution in [2.75, 3.05) is 10.6 Å². The van der Waals surface area contributed by atoms with Crippen LogP contribution >= 0.6 is 0 Å². The van der Waals surface area contributed by atoms with E-state index in [0.29, 0.717) is 37.1 Å². The Balaban J connectivity index is 1.14. The minimum Gasteiger partial charge on any atom is -0.393 e. The quantitative estimate of drug-likeness (QED) is 0.503. The van der Waals surface area contributed by atoms with Crippen LogP contribution in [0.2, 0.25) is 0 Å². The molecule has 6 atom stereocenters. The molecule has 0 bridgehead atoms. The number of carbonyl (C=O) groups is 6. The second-order valence-corrected chi connectivity index (χ2v) is 9.48. The molecular formula is C24H24N2O8. The van der Waals surface area contributed by atoms with Gasteiger partial charge in [-0.25, -0.2) is 0 Å². The molecule has 2 N–H and O–H groups in total. The lowest BCUT2D eigenvalue weighted by Crippen LogP contribution is -2.34. The molecule has 2 aliphatic heterocycles. The van der Waals surface area contributed by atoms with Crippen molar-refractivity contribution in [1.29, 1.82) is 0 Å². The summed E-state index contributed by atoms with van der Waals surface area (Å²) in [5.41, 5.74) is 1.09. The monoisotopic (exact) mass is 468 g/mol. The smallest absolute Gasteiger partial charge is 0.317 e. The molecule has 10 heteroatoms. The Hall–Kier alpha value is -3.56. The summed E-state index contributed by atoms with van der Waals surface area (Å²) in [5.74, 6) is -5.25. The topological polar surface area (TPSA) is 145 Å². The number of nitrogens with one attached hydrogen (secondary N) is 2. The van der Waals surface area contributed by atoms with Gasteiger partial charge in [0.2, 0.25) is 11.8 Å². The zero-order valence-electron chi connectivity index (χ0n) is 18.3. The third-order valence-electron chi connectivity index (χ3n) is 7.48. The Labute approximate surface area is 194 Å². The molecule has 2 amide bonds.